The summed E-state index contributed by atoms with van der Waals surface area (Å²) in [5, 5.41) is 10.2. The van der Waals surface area contributed by atoms with Gasteiger partial charge < -0.3 is 9.84 Å². The third kappa shape index (κ3) is 2.74. The zero-order valence-electron chi connectivity index (χ0n) is 13.5. The number of hydrogen-bond acceptors (Lipinski definition) is 5. The Bertz CT molecular complexity index is 848. The van der Waals surface area contributed by atoms with Gasteiger partial charge in [0.25, 0.3) is 0 Å². The zero-order valence-corrected chi connectivity index (χ0v) is 13.5. The molecule has 2 unspecified atom stereocenters. The number of aromatic nitrogens is 3. The van der Waals surface area contributed by atoms with Crippen molar-refractivity contribution in [2.45, 2.75) is 25.1 Å². The minimum atomic E-state index is -0.318. The number of ether oxygens (including phenoxy) is 1. The van der Waals surface area contributed by atoms with E-state index in [1.807, 2.05) is 35.0 Å². The second-order valence-corrected chi connectivity index (χ2v) is 6.17. The quantitative estimate of drug-likeness (QED) is 0.796. The molecule has 1 aromatic carbocycles. The van der Waals surface area contributed by atoms with E-state index in [0.717, 1.165) is 30.1 Å². The Morgan fingerprint density at radius 3 is 3.12 bits per heavy atom. The molecule has 0 amide bonds. The van der Waals surface area contributed by atoms with Crippen molar-refractivity contribution in [3.05, 3.63) is 60.3 Å². The number of rotatable bonds is 4. The molecule has 0 saturated carbocycles. The van der Waals surface area contributed by atoms with Crippen LogP contribution in [0.3, 0.4) is 0 Å². The number of hydrogen-bond donors (Lipinski definition) is 1. The van der Waals surface area contributed by atoms with E-state index in [2.05, 4.69) is 20.9 Å². The number of likely N-dealkylation sites (tertiary alicyclic amines) is 1. The molecule has 24 heavy (non-hydrogen) atoms. The number of aliphatic hydroxyl groups excluding tert-OH is 1. The predicted molar refractivity (Wildman–Crippen MR) is 89.8 cm³/mol. The molecule has 1 N–H and O–H groups in total. The minimum Gasteiger partial charge on any atom is -0.497 e. The molecule has 3 heterocycles. The number of imidazole rings is 1. The molecule has 1 saturated heterocycles. The van der Waals surface area contributed by atoms with Crippen LogP contribution < -0.4 is 4.74 Å². The lowest BCUT2D eigenvalue weighted by molar-refractivity contribution is 0.172. The van der Waals surface area contributed by atoms with E-state index >= 15 is 0 Å². The molecule has 0 bridgehead atoms. The maximum atomic E-state index is 10.2. The Kier molecular flexibility index (Phi) is 3.92. The molecule has 1 fully saturated rings. The first-order valence-corrected chi connectivity index (χ1v) is 8.06. The van der Waals surface area contributed by atoms with Gasteiger partial charge in [0.1, 0.15) is 5.75 Å². The van der Waals surface area contributed by atoms with Crippen molar-refractivity contribution in [3.63, 3.8) is 0 Å². The van der Waals surface area contributed by atoms with E-state index in [9.17, 15) is 5.11 Å². The molecule has 124 valence electrons. The second-order valence-electron chi connectivity index (χ2n) is 6.17. The third-order valence-corrected chi connectivity index (χ3v) is 4.62. The van der Waals surface area contributed by atoms with Gasteiger partial charge in [-0.15, -0.1) is 0 Å². The largest absolute Gasteiger partial charge is 0.497 e. The summed E-state index contributed by atoms with van der Waals surface area (Å²) in [5.74, 6) is 0.842. The topological polar surface area (TPSA) is 62.9 Å². The second kappa shape index (κ2) is 6.22. The van der Waals surface area contributed by atoms with Crippen LogP contribution in [0.5, 0.6) is 5.75 Å². The average molecular weight is 324 g/mol. The van der Waals surface area contributed by atoms with Gasteiger partial charge in [-0.1, -0.05) is 12.1 Å². The molecule has 4 rings (SSSR count). The van der Waals surface area contributed by atoms with E-state index in [1.165, 1.54) is 5.56 Å². The number of fused-ring (bicyclic) bond motifs is 1. The lowest BCUT2D eigenvalue weighted by Gasteiger charge is -2.24. The van der Waals surface area contributed by atoms with Crippen LogP contribution in [0.2, 0.25) is 0 Å². The highest BCUT2D eigenvalue weighted by molar-refractivity contribution is 5.37. The van der Waals surface area contributed by atoms with E-state index < -0.39 is 0 Å². The first-order chi connectivity index (χ1) is 11.7. The fourth-order valence-corrected chi connectivity index (χ4v) is 3.47. The zero-order chi connectivity index (χ0) is 16.5. The summed E-state index contributed by atoms with van der Waals surface area (Å²) < 4.78 is 7.38. The highest BCUT2D eigenvalue weighted by atomic mass is 16.5. The van der Waals surface area contributed by atoms with Crippen molar-refractivity contribution >= 4 is 5.65 Å². The lowest BCUT2D eigenvalue weighted by atomic mass is 10.0. The molecule has 6 heteroatoms. The van der Waals surface area contributed by atoms with Crippen LogP contribution in [0.25, 0.3) is 5.65 Å². The monoisotopic (exact) mass is 324 g/mol. The molecule has 0 radical (unpaired) electrons. The maximum absolute atomic E-state index is 10.2. The third-order valence-electron chi connectivity index (χ3n) is 4.62. The van der Waals surface area contributed by atoms with Gasteiger partial charge in [-0.25, -0.2) is 4.98 Å². The Morgan fingerprint density at radius 2 is 2.25 bits per heavy atom. The van der Waals surface area contributed by atoms with Gasteiger partial charge in [0.05, 0.1) is 31.3 Å². The summed E-state index contributed by atoms with van der Waals surface area (Å²) in [6.45, 7) is 1.38. The summed E-state index contributed by atoms with van der Waals surface area (Å²) in [5.41, 5.74) is 3.10. The number of benzene rings is 1. The normalized spacial score (nSPS) is 21.4. The molecule has 0 aliphatic carbocycles. The number of methoxy groups -OCH3 is 1. The average Bonchev–Trinajstić information content (AvgIpc) is 3.19. The fraction of sp³-hybridized carbons (Fsp3) is 0.333. The maximum Gasteiger partial charge on any atom is 0.155 e. The Hall–Kier alpha value is -2.44. The van der Waals surface area contributed by atoms with Gasteiger partial charge in [-0.3, -0.25) is 14.3 Å². The van der Waals surface area contributed by atoms with Crippen molar-refractivity contribution in [1.82, 2.24) is 19.3 Å². The van der Waals surface area contributed by atoms with E-state index in [1.54, 1.807) is 19.5 Å². The standard InChI is InChI=1S/C18H20N4O2/c1-24-16-4-2-3-13(7-16)17-8-15(23)12-21(17)11-14-9-20-18-10-19-5-6-22(14)18/h2-7,9-10,15,17,23H,8,11-12H2,1H3. The van der Waals surface area contributed by atoms with Gasteiger partial charge in [0, 0.05) is 31.5 Å². The molecular formula is C18H20N4O2. The summed E-state index contributed by atoms with van der Waals surface area (Å²) >= 11 is 0. The highest BCUT2D eigenvalue weighted by Crippen LogP contribution is 2.34. The summed E-state index contributed by atoms with van der Waals surface area (Å²) in [4.78, 5) is 10.8. The van der Waals surface area contributed by atoms with Crippen molar-refractivity contribution in [2.75, 3.05) is 13.7 Å². The molecule has 1 aliphatic heterocycles. The molecule has 6 nitrogen and oxygen atoms in total. The van der Waals surface area contributed by atoms with Crippen molar-refractivity contribution in [2.24, 2.45) is 0 Å². The van der Waals surface area contributed by atoms with Crippen molar-refractivity contribution in [1.29, 1.82) is 0 Å². The molecule has 3 aromatic rings. The van der Waals surface area contributed by atoms with Gasteiger partial charge in [0.2, 0.25) is 0 Å². The van der Waals surface area contributed by atoms with Gasteiger partial charge in [-0.2, -0.15) is 0 Å². The highest BCUT2D eigenvalue weighted by Gasteiger charge is 2.32. The van der Waals surface area contributed by atoms with E-state index in [-0.39, 0.29) is 12.1 Å². The minimum absolute atomic E-state index is 0.169. The van der Waals surface area contributed by atoms with Crippen LogP contribution in [-0.4, -0.2) is 44.1 Å². The first kappa shape index (κ1) is 15.1. The first-order valence-electron chi connectivity index (χ1n) is 8.06. The predicted octanol–water partition coefficient (Wildman–Crippen LogP) is 2.05. The lowest BCUT2D eigenvalue weighted by Crippen LogP contribution is -2.25. The smallest absolute Gasteiger partial charge is 0.155 e. The van der Waals surface area contributed by atoms with Crippen LogP contribution in [0.15, 0.2) is 49.1 Å². The van der Waals surface area contributed by atoms with Crippen molar-refractivity contribution < 1.29 is 9.84 Å². The molecule has 1 aliphatic rings. The van der Waals surface area contributed by atoms with Crippen LogP contribution in [0, 0.1) is 0 Å². The summed E-state index contributed by atoms with van der Waals surface area (Å²) in [6, 6.07) is 8.25. The van der Waals surface area contributed by atoms with Gasteiger partial charge in [0.15, 0.2) is 5.65 Å². The summed E-state index contributed by atoms with van der Waals surface area (Å²) in [7, 11) is 1.67. The Balaban J connectivity index is 1.63. The van der Waals surface area contributed by atoms with Gasteiger partial charge >= 0.3 is 0 Å². The number of nitrogens with zero attached hydrogens (tertiary/aromatic N) is 4. The van der Waals surface area contributed by atoms with Gasteiger partial charge in [-0.05, 0) is 24.1 Å². The van der Waals surface area contributed by atoms with Crippen molar-refractivity contribution in [3.8, 4) is 5.75 Å². The Morgan fingerprint density at radius 1 is 1.33 bits per heavy atom. The Labute approximate surface area is 140 Å². The molecule has 0 spiro atoms. The number of β-amino-alcohol motifs (C(OH)–C–C–N with tert-alkyl or cyclic N) is 1. The van der Waals surface area contributed by atoms with Crippen LogP contribution >= 0.6 is 0 Å². The van der Waals surface area contributed by atoms with E-state index in [0.29, 0.717) is 6.54 Å². The fourth-order valence-electron chi connectivity index (χ4n) is 3.47. The molecule has 2 aromatic heterocycles. The summed E-state index contributed by atoms with van der Waals surface area (Å²) in [6.07, 6.45) is 7.72. The van der Waals surface area contributed by atoms with Crippen LogP contribution in [0.4, 0.5) is 0 Å². The van der Waals surface area contributed by atoms with E-state index in [4.69, 9.17) is 4.74 Å². The SMILES string of the molecule is COc1cccc(C2CC(O)CN2Cc2cnc3cnccn23)c1. The molecular weight excluding hydrogens is 304 g/mol. The van der Waals surface area contributed by atoms with Crippen LogP contribution in [0.1, 0.15) is 23.7 Å². The number of aliphatic hydroxyl groups is 1. The molecule has 2 atom stereocenters. The van der Waals surface area contributed by atoms with Crippen LogP contribution in [-0.2, 0) is 6.54 Å².